The van der Waals surface area contributed by atoms with Crippen molar-refractivity contribution in [1.29, 1.82) is 0 Å². The van der Waals surface area contributed by atoms with E-state index in [9.17, 15) is 10.2 Å². The monoisotopic (exact) mass is 322 g/mol. The van der Waals surface area contributed by atoms with Crippen LogP contribution in [0.5, 0.6) is 0 Å². The first-order valence-electron chi connectivity index (χ1n) is 9.09. The van der Waals surface area contributed by atoms with Gasteiger partial charge in [-0.25, -0.2) is 0 Å². The Morgan fingerprint density at radius 1 is 0.913 bits per heavy atom. The topological polar surface area (TPSA) is 49.7 Å². The van der Waals surface area contributed by atoms with Crippen LogP contribution in [0.3, 0.4) is 0 Å². The van der Waals surface area contributed by atoms with Crippen molar-refractivity contribution in [2.75, 3.05) is 0 Å². The lowest BCUT2D eigenvalue weighted by molar-refractivity contribution is -0.205. The molecule has 3 nitrogen and oxygen atoms in total. The van der Waals surface area contributed by atoms with Crippen LogP contribution < -0.4 is 0 Å². The van der Waals surface area contributed by atoms with Gasteiger partial charge in [-0.1, -0.05) is 11.1 Å². The van der Waals surface area contributed by atoms with Gasteiger partial charge in [0.25, 0.3) is 0 Å². The van der Waals surface area contributed by atoms with Gasteiger partial charge in [0.05, 0.1) is 23.4 Å². The molecule has 0 bridgehead atoms. The average molecular weight is 322 g/mol. The highest BCUT2D eigenvalue weighted by molar-refractivity contribution is 5.07. The summed E-state index contributed by atoms with van der Waals surface area (Å²) in [6, 6.07) is 0. The molecular formula is C20H34O3. The SMILES string of the molecule is C=C(C)CC1(OC2(CC(=C)C)CCCC(O)C2)CCCC(O)C1. The van der Waals surface area contributed by atoms with Gasteiger partial charge < -0.3 is 14.9 Å². The third kappa shape index (κ3) is 5.17. The normalized spacial score (nSPS) is 38.3. The van der Waals surface area contributed by atoms with Crippen molar-refractivity contribution in [3.8, 4) is 0 Å². The van der Waals surface area contributed by atoms with Gasteiger partial charge in [0.1, 0.15) is 0 Å². The van der Waals surface area contributed by atoms with Gasteiger partial charge in [0.15, 0.2) is 0 Å². The lowest BCUT2D eigenvalue weighted by atomic mass is 9.75. The van der Waals surface area contributed by atoms with Crippen molar-refractivity contribution < 1.29 is 14.9 Å². The van der Waals surface area contributed by atoms with E-state index in [1.54, 1.807) is 0 Å². The summed E-state index contributed by atoms with van der Waals surface area (Å²) < 4.78 is 6.83. The zero-order valence-corrected chi connectivity index (χ0v) is 14.9. The van der Waals surface area contributed by atoms with Crippen LogP contribution in [0.2, 0.25) is 0 Å². The Labute approximate surface area is 141 Å². The van der Waals surface area contributed by atoms with Crippen LogP contribution >= 0.6 is 0 Å². The lowest BCUT2D eigenvalue weighted by Crippen LogP contribution is -2.51. The summed E-state index contributed by atoms with van der Waals surface area (Å²) in [5.41, 5.74) is 1.52. The van der Waals surface area contributed by atoms with Crippen molar-refractivity contribution in [3.63, 3.8) is 0 Å². The van der Waals surface area contributed by atoms with Crippen LogP contribution in [0.25, 0.3) is 0 Å². The predicted molar refractivity (Wildman–Crippen MR) is 94.4 cm³/mol. The Balaban J connectivity index is 2.25. The summed E-state index contributed by atoms with van der Waals surface area (Å²) in [5.74, 6) is 0. The molecular weight excluding hydrogens is 288 g/mol. The summed E-state index contributed by atoms with van der Waals surface area (Å²) >= 11 is 0. The fraction of sp³-hybridized carbons (Fsp3) is 0.800. The second-order valence-electron chi connectivity index (χ2n) is 8.24. The van der Waals surface area contributed by atoms with Gasteiger partial charge in [-0.2, -0.15) is 0 Å². The highest BCUT2D eigenvalue weighted by Crippen LogP contribution is 2.46. The molecule has 2 aliphatic carbocycles. The summed E-state index contributed by atoms with van der Waals surface area (Å²) in [5, 5.41) is 20.5. The molecule has 0 heterocycles. The van der Waals surface area contributed by atoms with E-state index in [0.717, 1.165) is 62.5 Å². The second kappa shape index (κ2) is 7.50. The minimum atomic E-state index is -0.337. The van der Waals surface area contributed by atoms with E-state index in [2.05, 4.69) is 13.2 Å². The summed E-state index contributed by atoms with van der Waals surface area (Å²) in [4.78, 5) is 0. The van der Waals surface area contributed by atoms with E-state index in [0.29, 0.717) is 12.8 Å². The van der Waals surface area contributed by atoms with Gasteiger partial charge in [0.2, 0.25) is 0 Å². The predicted octanol–water partition coefficient (Wildman–Crippen LogP) is 4.28. The maximum Gasteiger partial charge on any atom is 0.0751 e. The van der Waals surface area contributed by atoms with Gasteiger partial charge in [0, 0.05) is 12.8 Å². The van der Waals surface area contributed by atoms with E-state index in [4.69, 9.17) is 4.74 Å². The first-order chi connectivity index (χ1) is 10.7. The Hall–Kier alpha value is -0.640. The molecule has 0 spiro atoms. The van der Waals surface area contributed by atoms with E-state index in [1.807, 2.05) is 13.8 Å². The van der Waals surface area contributed by atoms with Gasteiger partial charge >= 0.3 is 0 Å². The van der Waals surface area contributed by atoms with E-state index < -0.39 is 0 Å². The minimum absolute atomic E-state index is 0.293. The fourth-order valence-corrected chi connectivity index (χ4v) is 4.72. The molecule has 2 rings (SSSR count). The van der Waals surface area contributed by atoms with Crippen LogP contribution in [0.4, 0.5) is 0 Å². The molecule has 0 saturated heterocycles. The van der Waals surface area contributed by atoms with Crippen molar-refractivity contribution in [2.45, 2.75) is 101 Å². The van der Waals surface area contributed by atoms with Crippen LogP contribution in [0.15, 0.2) is 24.3 Å². The largest absolute Gasteiger partial charge is 0.393 e. The summed E-state index contributed by atoms with van der Waals surface area (Å²) in [7, 11) is 0. The van der Waals surface area contributed by atoms with Crippen molar-refractivity contribution in [1.82, 2.24) is 0 Å². The van der Waals surface area contributed by atoms with Crippen molar-refractivity contribution in [2.24, 2.45) is 0 Å². The van der Waals surface area contributed by atoms with E-state index >= 15 is 0 Å². The molecule has 23 heavy (non-hydrogen) atoms. The molecule has 0 aromatic heterocycles. The molecule has 2 N–H and O–H groups in total. The number of rotatable bonds is 6. The zero-order chi connectivity index (χ0) is 17.1. The third-order valence-electron chi connectivity index (χ3n) is 5.24. The molecule has 4 atom stereocenters. The Morgan fingerprint density at radius 2 is 1.30 bits per heavy atom. The minimum Gasteiger partial charge on any atom is -0.393 e. The number of hydrogen-bond donors (Lipinski definition) is 2. The maximum atomic E-state index is 10.2. The highest BCUT2D eigenvalue weighted by Gasteiger charge is 2.46. The fourth-order valence-electron chi connectivity index (χ4n) is 4.72. The van der Waals surface area contributed by atoms with Gasteiger partial charge in [-0.05, 0) is 65.2 Å². The second-order valence-corrected chi connectivity index (χ2v) is 8.24. The smallest absolute Gasteiger partial charge is 0.0751 e. The average Bonchev–Trinajstić information content (AvgIpc) is 2.35. The van der Waals surface area contributed by atoms with Crippen molar-refractivity contribution >= 4 is 0 Å². The molecule has 2 saturated carbocycles. The van der Waals surface area contributed by atoms with Crippen molar-refractivity contribution in [3.05, 3.63) is 24.3 Å². The summed E-state index contributed by atoms with van der Waals surface area (Å²) in [6.45, 7) is 12.2. The first-order valence-corrected chi connectivity index (χ1v) is 9.09. The Kier molecular flexibility index (Phi) is 6.10. The molecule has 0 aliphatic heterocycles. The third-order valence-corrected chi connectivity index (χ3v) is 5.24. The standard InChI is InChI=1S/C20H34O3/c1-15(2)11-19(9-5-7-17(21)13-19)23-20(12-16(3)4)10-6-8-18(22)14-20/h17-18,21-22H,1,3,5-14H2,2,4H3. The molecule has 0 aromatic rings. The molecule has 0 radical (unpaired) electrons. The quantitative estimate of drug-likeness (QED) is 0.718. The van der Waals surface area contributed by atoms with Crippen LogP contribution in [0, 0.1) is 0 Å². The summed E-state index contributed by atoms with van der Waals surface area (Å²) in [6.07, 6.45) is 7.96. The van der Waals surface area contributed by atoms with E-state index in [1.165, 1.54) is 0 Å². The first kappa shape index (κ1) is 18.7. The Morgan fingerprint density at radius 3 is 1.61 bits per heavy atom. The molecule has 3 heteroatoms. The molecule has 2 fully saturated rings. The molecule has 0 aromatic carbocycles. The zero-order valence-electron chi connectivity index (χ0n) is 14.9. The molecule has 132 valence electrons. The molecule has 0 amide bonds. The van der Waals surface area contributed by atoms with Crippen LogP contribution in [-0.4, -0.2) is 33.6 Å². The molecule has 2 aliphatic rings. The Bertz CT molecular complexity index is 404. The highest BCUT2D eigenvalue weighted by atomic mass is 16.5. The number of aliphatic hydroxyl groups excluding tert-OH is 2. The van der Waals surface area contributed by atoms with Crippen LogP contribution in [-0.2, 0) is 4.74 Å². The number of aliphatic hydroxyl groups is 2. The van der Waals surface area contributed by atoms with E-state index in [-0.39, 0.29) is 23.4 Å². The lowest BCUT2D eigenvalue weighted by Gasteiger charge is -2.50. The number of ether oxygens (including phenoxy) is 1. The van der Waals surface area contributed by atoms with Gasteiger partial charge in [-0.15, -0.1) is 13.2 Å². The van der Waals surface area contributed by atoms with Gasteiger partial charge in [-0.3, -0.25) is 0 Å². The maximum absolute atomic E-state index is 10.2. The number of hydrogen-bond acceptors (Lipinski definition) is 3. The molecule has 4 unspecified atom stereocenters. The van der Waals surface area contributed by atoms with Crippen LogP contribution in [0.1, 0.15) is 78.1 Å².